The molecular formula is C39H36F3N9O3. The third-order valence-electron chi connectivity index (χ3n) is 11.0. The topological polar surface area (TPSA) is 119 Å². The zero-order valence-electron chi connectivity index (χ0n) is 29.2. The lowest BCUT2D eigenvalue weighted by Gasteiger charge is -2.35. The minimum Gasteiger partial charge on any atom is -0.354 e. The average Bonchev–Trinajstić information content (AvgIpc) is 3.89. The number of piperidine rings is 1. The Morgan fingerprint density at radius 1 is 0.815 bits per heavy atom. The first-order valence-electron chi connectivity index (χ1n) is 18.2. The van der Waals surface area contributed by atoms with Crippen molar-refractivity contribution in [3.63, 3.8) is 0 Å². The molecule has 5 aromatic rings. The first-order valence-corrected chi connectivity index (χ1v) is 18.2. The molecule has 3 amide bonds. The van der Waals surface area contributed by atoms with E-state index in [-0.39, 0.29) is 36.9 Å². The van der Waals surface area contributed by atoms with Gasteiger partial charge in [-0.3, -0.25) is 24.6 Å². The summed E-state index contributed by atoms with van der Waals surface area (Å²) in [5, 5.41) is 6.80. The van der Waals surface area contributed by atoms with Gasteiger partial charge in [-0.15, -0.1) is 0 Å². The van der Waals surface area contributed by atoms with E-state index in [9.17, 15) is 23.2 Å². The molecule has 0 spiro atoms. The summed E-state index contributed by atoms with van der Waals surface area (Å²) < 4.78 is 45.5. The molecule has 0 saturated carbocycles. The molecule has 9 rings (SSSR count). The van der Waals surface area contributed by atoms with Gasteiger partial charge < -0.3 is 14.7 Å². The summed E-state index contributed by atoms with van der Waals surface area (Å²) in [7, 11) is 0. The first kappa shape index (κ1) is 34.0. The molecule has 2 aromatic carbocycles. The summed E-state index contributed by atoms with van der Waals surface area (Å²) in [5.41, 5.74) is 3.85. The number of fused-ring (bicyclic) bond motifs is 2. The number of benzene rings is 2. The number of carbonyl (C=O) groups excluding carboxylic acids is 3. The van der Waals surface area contributed by atoms with E-state index in [2.05, 4.69) is 25.1 Å². The highest BCUT2D eigenvalue weighted by Gasteiger charge is 2.41. The van der Waals surface area contributed by atoms with Crippen molar-refractivity contribution in [3.05, 3.63) is 107 Å². The Morgan fingerprint density at radius 3 is 2.48 bits per heavy atom. The summed E-state index contributed by atoms with van der Waals surface area (Å²) in [6, 6.07) is 13.6. The molecule has 54 heavy (non-hydrogen) atoms. The van der Waals surface area contributed by atoms with Crippen LogP contribution in [-0.4, -0.2) is 85.9 Å². The predicted octanol–water partition coefficient (Wildman–Crippen LogP) is 4.63. The maximum Gasteiger partial charge on any atom is 0.258 e. The van der Waals surface area contributed by atoms with Crippen LogP contribution in [0.3, 0.4) is 0 Å². The Hall–Kier alpha value is -5.83. The number of hydrogen-bond acceptors (Lipinski definition) is 9. The van der Waals surface area contributed by atoms with E-state index < -0.39 is 35.3 Å². The van der Waals surface area contributed by atoms with Crippen LogP contribution in [0.5, 0.6) is 0 Å². The Kier molecular flexibility index (Phi) is 8.52. The van der Waals surface area contributed by atoms with Crippen LogP contribution in [-0.2, 0) is 22.7 Å². The van der Waals surface area contributed by atoms with Gasteiger partial charge in [-0.05, 0) is 60.7 Å². The van der Waals surface area contributed by atoms with Crippen molar-refractivity contribution in [2.45, 2.75) is 50.9 Å². The maximum atomic E-state index is 15.3. The van der Waals surface area contributed by atoms with E-state index >= 15 is 4.39 Å². The van der Waals surface area contributed by atoms with Crippen LogP contribution in [0, 0.1) is 17.5 Å². The number of imide groups is 1. The number of piperazine rings is 1. The molecule has 276 valence electrons. The lowest BCUT2D eigenvalue weighted by molar-refractivity contribution is -0.136. The van der Waals surface area contributed by atoms with E-state index in [0.717, 1.165) is 35.9 Å². The second-order valence-electron chi connectivity index (χ2n) is 14.3. The normalized spacial score (nSPS) is 20.6. The van der Waals surface area contributed by atoms with Crippen LogP contribution in [0.25, 0.3) is 16.9 Å². The third-order valence-corrected chi connectivity index (χ3v) is 11.0. The molecule has 15 heteroatoms. The molecule has 2 atom stereocenters. The molecule has 4 aliphatic rings. The number of carbonyl (C=O) groups is 3. The van der Waals surface area contributed by atoms with Crippen LogP contribution < -0.4 is 15.1 Å². The number of halogens is 3. The van der Waals surface area contributed by atoms with Crippen molar-refractivity contribution in [1.29, 1.82) is 0 Å². The Morgan fingerprint density at radius 2 is 1.67 bits per heavy atom. The monoisotopic (exact) mass is 735 g/mol. The van der Waals surface area contributed by atoms with Gasteiger partial charge in [0.25, 0.3) is 5.91 Å². The van der Waals surface area contributed by atoms with E-state index in [4.69, 9.17) is 9.97 Å². The van der Waals surface area contributed by atoms with Gasteiger partial charge in [0, 0.05) is 70.1 Å². The van der Waals surface area contributed by atoms with E-state index in [1.807, 2.05) is 36.5 Å². The van der Waals surface area contributed by atoms with Crippen molar-refractivity contribution in [3.8, 4) is 11.3 Å². The standard InChI is InChI=1S/C39H36F3N9O3/c40-25-6-7-26(28(41)19-25)31-4-2-11-49(31)34-10-12-51-37(45-34)27(20-43-51)30-3-1-5-33(44-30)48-15-13-47(14-16-48)21-23-17-24-22-50(39(54)36(24)29(42)18-23)32-8-9-35(52)46-38(32)53/h1,3,5-7,10,12,17-20,31-32H,2,4,8-9,11,13-16,21-22H2,(H,46,52,53). The minimum absolute atomic E-state index is 0.00234. The second-order valence-corrected chi connectivity index (χ2v) is 14.3. The van der Waals surface area contributed by atoms with E-state index in [1.54, 1.807) is 10.7 Å². The van der Waals surface area contributed by atoms with E-state index in [0.29, 0.717) is 67.6 Å². The highest BCUT2D eigenvalue weighted by Crippen LogP contribution is 2.37. The van der Waals surface area contributed by atoms with Crippen LogP contribution in [0.1, 0.15) is 58.8 Å². The lowest BCUT2D eigenvalue weighted by atomic mass is 10.0. The van der Waals surface area contributed by atoms with Crippen LogP contribution in [0.15, 0.2) is 67.0 Å². The summed E-state index contributed by atoms with van der Waals surface area (Å²) in [5.74, 6) is -1.68. The molecular weight excluding hydrogens is 699 g/mol. The fraction of sp³-hybridized carbons (Fsp3) is 0.333. The molecule has 4 aliphatic heterocycles. The van der Waals surface area contributed by atoms with Crippen molar-refractivity contribution in [2.24, 2.45) is 0 Å². The maximum absolute atomic E-state index is 15.3. The third kappa shape index (κ3) is 6.11. The molecule has 0 aliphatic carbocycles. The van der Waals surface area contributed by atoms with Gasteiger partial charge in [0.05, 0.1) is 29.1 Å². The van der Waals surface area contributed by atoms with Gasteiger partial charge in [0.2, 0.25) is 11.8 Å². The fourth-order valence-electron chi connectivity index (χ4n) is 8.29. The predicted molar refractivity (Wildman–Crippen MR) is 192 cm³/mol. The number of anilines is 2. The highest BCUT2D eigenvalue weighted by molar-refractivity contribution is 6.05. The Bertz CT molecular complexity index is 2330. The first-order chi connectivity index (χ1) is 26.2. The number of nitrogens with zero attached hydrogens (tertiary/aromatic N) is 8. The number of nitrogens with one attached hydrogen (secondary N) is 1. The SMILES string of the molecule is O=C1CCC(N2Cc3cc(CN4CCN(c5cccc(-c6cnn7ccc(N8CCCC8c8ccc(F)cc8F)nc67)n5)CC4)cc(F)c3C2=O)C(=O)N1. The largest absolute Gasteiger partial charge is 0.354 e. The Balaban J connectivity index is 0.875. The molecule has 0 bridgehead atoms. The molecule has 0 radical (unpaired) electrons. The van der Waals surface area contributed by atoms with Crippen LogP contribution in [0.2, 0.25) is 0 Å². The van der Waals surface area contributed by atoms with Gasteiger partial charge in [0.15, 0.2) is 5.65 Å². The van der Waals surface area contributed by atoms with Gasteiger partial charge in [-0.25, -0.2) is 27.7 Å². The van der Waals surface area contributed by atoms with Gasteiger partial charge in [-0.1, -0.05) is 18.2 Å². The zero-order chi connectivity index (χ0) is 37.1. The Labute approximate surface area is 308 Å². The van der Waals surface area contributed by atoms with Crippen LogP contribution >= 0.6 is 0 Å². The molecule has 3 fully saturated rings. The summed E-state index contributed by atoms with van der Waals surface area (Å²) >= 11 is 0. The number of hydrogen-bond donors (Lipinski definition) is 1. The number of aromatic nitrogens is 4. The highest BCUT2D eigenvalue weighted by atomic mass is 19.1. The second kappa shape index (κ2) is 13.5. The smallest absolute Gasteiger partial charge is 0.258 e. The molecule has 7 heterocycles. The number of rotatable bonds is 7. The van der Waals surface area contributed by atoms with E-state index in [1.165, 1.54) is 23.1 Å². The van der Waals surface area contributed by atoms with Crippen molar-refractivity contribution < 1.29 is 27.6 Å². The van der Waals surface area contributed by atoms with Crippen molar-refractivity contribution in [1.82, 2.24) is 34.7 Å². The number of pyridine rings is 1. The summed E-state index contributed by atoms with van der Waals surface area (Å²) in [6.45, 7) is 4.12. The summed E-state index contributed by atoms with van der Waals surface area (Å²) in [6.07, 6.45) is 5.52. The van der Waals surface area contributed by atoms with Crippen molar-refractivity contribution in [2.75, 3.05) is 42.5 Å². The lowest BCUT2D eigenvalue weighted by Crippen LogP contribution is -2.52. The number of amides is 3. The summed E-state index contributed by atoms with van der Waals surface area (Å²) in [4.78, 5) is 55.0. The molecule has 3 saturated heterocycles. The fourth-order valence-corrected chi connectivity index (χ4v) is 8.29. The van der Waals surface area contributed by atoms with Crippen molar-refractivity contribution >= 4 is 35.0 Å². The quantitative estimate of drug-likeness (QED) is 0.239. The van der Waals surface area contributed by atoms with Gasteiger partial charge in [-0.2, -0.15) is 5.10 Å². The van der Waals surface area contributed by atoms with Gasteiger partial charge in [0.1, 0.15) is 35.1 Å². The van der Waals surface area contributed by atoms with Gasteiger partial charge >= 0.3 is 0 Å². The molecule has 1 N–H and O–H groups in total. The van der Waals surface area contributed by atoms with Crippen LogP contribution in [0.4, 0.5) is 24.8 Å². The molecule has 2 unspecified atom stereocenters. The molecule has 3 aromatic heterocycles. The minimum atomic E-state index is -0.795. The zero-order valence-corrected chi connectivity index (χ0v) is 29.2. The molecule has 12 nitrogen and oxygen atoms in total. The average molecular weight is 736 g/mol.